The Bertz CT molecular complexity index is 560. The van der Waals surface area contributed by atoms with E-state index in [2.05, 4.69) is 4.98 Å². The molecule has 1 atom stereocenters. The molecule has 2 rings (SSSR count). The molecule has 0 bridgehead atoms. The Labute approximate surface area is 113 Å². The van der Waals surface area contributed by atoms with E-state index in [1.165, 1.54) is 0 Å². The van der Waals surface area contributed by atoms with Gasteiger partial charge in [0.2, 0.25) is 0 Å². The summed E-state index contributed by atoms with van der Waals surface area (Å²) in [5.74, 6) is 0.525. The number of nitrogens with two attached hydrogens (primary N) is 1. The number of anilines is 1. The number of hydrogen-bond donors (Lipinski definition) is 1. The molecule has 0 amide bonds. The fourth-order valence-electron chi connectivity index (χ4n) is 1.59. The molecule has 0 spiro atoms. The summed E-state index contributed by atoms with van der Waals surface area (Å²) in [5, 5.41) is 0.556. The first kappa shape index (κ1) is 13.1. The van der Waals surface area contributed by atoms with E-state index in [0.717, 1.165) is 5.56 Å². The van der Waals surface area contributed by atoms with Gasteiger partial charge in [-0.05, 0) is 36.2 Å². The smallest absolute Gasteiger partial charge is 0.0618 e. The van der Waals surface area contributed by atoms with Gasteiger partial charge in [0.05, 0.1) is 15.7 Å². The van der Waals surface area contributed by atoms with Crippen LogP contribution in [-0.2, 0) is 17.2 Å². The second-order valence-corrected chi connectivity index (χ2v) is 5.82. The zero-order valence-electron chi connectivity index (χ0n) is 9.67. The topological polar surface area (TPSA) is 56.0 Å². The first-order valence-corrected chi connectivity index (χ1v) is 7.19. The van der Waals surface area contributed by atoms with E-state index in [4.69, 9.17) is 17.3 Å². The number of rotatable bonds is 4. The zero-order valence-corrected chi connectivity index (χ0v) is 11.2. The molecule has 2 aromatic rings. The molecule has 94 valence electrons. The van der Waals surface area contributed by atoms with E-state index >= 15 is 0 Å². The normalized spacial score (nSPS) is 12.3. The molecule has 0 saturated carbocycles. The van der Waals surface area contributed by atoms with Crippen molar-refractivity contribution in [2.45, 2.75) is 11.3 Å². The number of aromatic nitrogens is 1. The van der Waals surface area contributed by atoms with Gasteiger partial charge in [-0.2, -0.15) is 0 Å². The molecule has 0 aliphatic rings. The number of nitrogen functional groups attached to an aromatic ring is 1. The van der Waals surface area contributed by atoms with Gasteiger partial charge in [-0.15, -0.1) is 0 Å². The first-order valence-electron chi connectivity index (χ1n) is 5.49. The molecule has 0 saturated heterocycles. The van der Waals surface area contributed by atoms with E-state index in [1.807, 2.05) is 12.1 Å². The summed E-state index contributed by atoms with van der Waals surface area (Å²) in [7, 11) is -1.12. The highest BCUT2D eigenvalue weighted by Gasteiger charge is 2.08. The quantitative estimate of drug-likeness (QED) is 0.876. The lowest BCUT2D eigenvalue weighted by Gasteiger charge is -2.06. The minimum absolute atomic E-state index is 0.479. The number of halogens is 1. The zero-order chi connectivity index (χ0) is 13.0. The fourth-order valence-corrected chi connectivity index (χ4v) is 2.96. The minimum Gasteiger partial charge on any atom is -0.398 e. The maximum atomic E-state index is 12.1. The highest BCUT2D eigenvalue weighted by Crippen LogP contribution is 2.21. The lowest BCUT2D eigenvalue weighted by molar-refractivity contribution is 0.682. The molecular weight excluding hydrogens is 268 g/mol. The van der Waals surface area contributed by atoms with Gasteiger partial charge in [0.15, 0.2) is 0 Å². The Balaban J connectivity index is 2.04. The average molecular weight is 281 g/mol. The Hall–Kier alpha value is -1.39. The van der Waals surface area contributed by atoms with Crippen molar-refractivity contribution in [3.63, 3.8) is 0 Å². The van der Waals surface area contributed by atoms with Crippen LogP contribution in [0.1, 0.15) is 5.56 Å². The monoisotopic (exact) mass is 280 g/mol. The van der Waals surface area contributed by atoms with Gasteiger partial charge < -0.3 is 5.73 Å². The number of benzene rings is 1. The van der Waals surface area contributed by atoms with E-state index in [9.17, 15) is 4.21 Å². The highest BCUT2D eigenvalue weighted by atomic mass is 35.5. The van der Waals surface area contributed by atoms with Crippen molar-refractivity contribution in [2.75, 3.05) is 11.5 Å². The number of nitrogens with zero attached hydrogens (tertiary/aromatic N) is 1. The molecular formula is C13H13ClN2OS. The molecule has 2 N–H and O–H groups in total. The Kier molecular flexibility index (Phi) is 4.33. The number of hydrogen-bond acceptors (Lipinski definition) is 3. The van der Waals surface area contributed by atoms with Crippen molar-refractivity contribution in [1.82, 2.24) is 4.98 Å². The third-order valence-corrected chi connectivity index (χ3v) is 4.19. The second kappa shape index (κ2) is 5.98. The maximum Gasteiger partial charge on any atom is 0.0618 e. The van der Waals surface area contributed by atoms with E-state index in [0.29, 0.717) is 27.8 Å². The third kappa shape index (κ3) is 3.31. The standard InChI is InChI=1S/C13H13ClN2OS/c14-11-3-4-13(12(15)8-11)18(17)7-5-10-2-1-6-16-9-10/h1-4,6,8-9H,5,7,15H2. The summed E-state index contributed by atoms with van der Waals surface area (Å²) in [6.45, 7) is 0. The van der Waals surface area contributed by atoms with Gasteiger partial charge in [0, 0.05) is 28.9 Å². The van der Waals surface area contributed by atoms with Crippen molar-refractivity contribution in [1.29, 1.82) is 0 Å². The lowest BCUT2D eigenvalue weighted by atomic mass is 10.2. The highest BCUT2D eigenvalue weighted by molar-refractivity contribution is 7.85. The molecule has 0 aliphatic carbocycles. The maximum absolute atomic E-state index is 12.1. The van der Waals surface area contributed by atoms with Crippen molar-refractivity contribution in [2.24, 2.45) is 0 Å². The number of pyridine rings is 1. The summed E-state index contributed by atoms with van der Waals surface area (Å²) in [4.78, 5) is 4.67. The molecule has 1 aromatic carbocycles. The minimum atomic E-state index is -1.12. The van der Waals surface area contributed by atoms with Crippen LogP contribution in [0, 0.1) is 0 Å². The van der Waals surface area contributed by atoms with E-state index in [1.54, 1.807) is 30.6 Å². The average Bonchev–Trinajstić information content (AvgIpc) is 2.37. The molecule has 1 unspecified atom stereocenters. The van der Waals surface area contributed by atoms with E-state index in [-0.39, 0.29) is 0 Å². The van der Waals surface area contributed by atoms with Gasteiger partial charge in [-0.1, -0.05) is 17.7 Å². The van der Waals surface area contributed by atoms with Gasteiger partial charge in [-0.25, -0.2) is 0 Å². The Morgan fingerprint density at radius 2 is 2.17 bits per heavy atom. The van der Waals surface area contributed by atoms with Crippen LogP contribution in [0.3, 0.4) is 0 Å². The molecule has 1 heterocycles. The molecule has 3 nitrogen and oxygen atoms in total. The lowest BCUT2D eigenvalue weighted by Crippen LogP contribution is -2.04. The van der Waals surface area contributed by atoms with Gasteiger partial charge in [0.25, 0.3) is 0 Å². The second-order valence-electron chi connectivity index (χ2n) is 3.84. The molecule has 0 aliphatic heterocycles. The predicted octanol–water partition coefficient (Wildman–Crippen LogP) is 2.67. The largest absolute Gasteiger partial charge is 0.398 e. The van der Waals surface area contributed by atoms with Crippen LogP contribution in [0.5, 0.6) is 0 Å². The summed E-state index contributed by atoms with van der Waals surface area (Å²) < 4.78 is 12.1. The van der Waals surface area contributed by atoms with Gasteiger partial charge in [-0.3, -0.25) is 9.19 Å². The number of aryl methyl sites for hydroxylation is 1. The van der Waals surface area contributed by atoms with E-state index < -0.39 is 10.8 Å². The van der Waals surface area contributed by atoms with Crippen LogP contribution in [0.2, 0.25) is 5.02 Å². The van der Waals surface area contributed by atoms with Crippen LogP contribution in [0.25, 0.3) is 0 Å². The van der Waals surface area contributed by atoms with Crippen LogP contribution >= 0.6 is 11.6 Å². The van der Waals surface area contributed by atoms with Crippen molar-refractivity contribution in [3.05, 3.63) is 53.3 Å². The molecule has 18 heavy (non-hydrogen) atoms. The van der Waals surface area contributed by atoms with Crippen molar-refractivity contribution >= 4 is 28.1 Å². The van der Waals surface area contributed by atoms with Crippen LogP contribution < -0.4 is 5.73 Å². The summed E-state index contributed by atoms with van der Waals surface area (Å²) in [6.07, 6.45) is 4.21. The Morgan fingerprint density at radius 1 is 1.33 bits per heavy atom. The van der Waals surface area contributed by atoms with Gasteiger partial charge >= 0.3 is 0 Å². The fraction of sp³-hybridized carbons (Fsp3) is 0.154. The van der Waals surface area contributed by atoms with Gasteiger partial charge in [0.1, 0.15) is 0 Å². The molecule has 1 aromatic heterocycles. The van der Waals surface area contributed by atoms with Crippen LogP contribution in [0.15, 0.2) is 47.6 Å². The summed E-state index contributed by atoms with van der Waals surface area (Å²) in [5.41, 5.74) is 7.35. The van der Waals surface area contributed by atoms with Crippen LogP contribution in [-0.4, -0.2) is 14.9 Å². The summed E-state index contributed by atoms with van der Waals surface area (Å²) in [6, 6.07) is 8.88. The Morgan fingerprint density at radius 3 is 2.83 bits per heavy atom. The predicted molar refractivity (Wildman–Crippen MR) is 75.1 cm³/mol. The van der Waals surface area contributed by atoms with Crippen LogP contribution in [0.4, 0.5) is 5.69 Å². The third-order valence-electron chi connectivity index (χ3n) is 2.52. The molecule has 0 fully saturated rings. The van der Waals surface area contributed by atoms with Crippen molar-refractivity contribution in [3.8, 4) is 0 Å². The molecule has 5 heteroatoms. The SMILES string of the molecule is Nc1cc(Cl)ccc1S(=O)CCc1cccnc1. The molecule has 0 radical (unpaired) electrons. The van der Waals surface area contributed by atoms with Crippen molar-refractivity contribution < 1.29 is 4.21 Å². The first-order chi connectivity index (χ1) is 8.66. The summed E-state index contributed by atoms with van der Waals surface area (Å²) >= 11 is 5.81.